The zero-order valence-electron chi connectivity index (χ0n) is 9.51. The molecule has 2 aromatic rings. The molecule has 0 saturated carbocycles. The Balaban J connectivity index is 2.29. The van der Waals surface area contributed by atoms with E-state index >= 15 is 0 Å². The summed E-state index contributed by atoms with van der Waals surface area (Å²) in [6.45, 7) is 1.63. The van der Waals surface area contributed by atoms with Gasteiger partial charge in [0.1, 0.15) is 11.6 Å². The molecule has 0 spiro atoms. The highest BCUT2D eigenvalue weighted by Gasteiger charge is 2.21. The van der Waals surface area contributed by atoms with Crippen molar-refractivity contribution in [3.8, 4) is 0 Å². The summed E-state index contributed by atoms with van der Waals surface area (Å²) in [5, 5.41) is 13.7. The number of aryl methyl sites for hydroxylation is 1. The quantitative estimate of drug-likeness (QED) is 0.776. The number of aromatic nitrogens is 2. The van der Waals surface area contributed by atoms with Crippen LogP contribution in [0.4, 0.5) is 5.82 Å². The fourth-order valence-corrected chi connectivity index (χ4v) is 2.28. The number of carbonyl (C=O) groups is 1. The number of thiophene rings is 1. The number of hydrogen-bond donors (Lipinski definition) is 3. The van der Waals surface area contributed by atoms with Crippen LogP contribution in [0, 0.1) is 6.92 Å². The second-order valence-corrected chi connectivity index (χ2v) is 4.63. The van der Waals surface area contributed by atoms with Crippen LogP contribution in [0.3, 0.4) is 0 Å². The SMILES string of the molecule is Cc1nc(NC(C(=O)O)c2cccs2)cc(=O)[nH]1. The molecule has 0 aliphatic rings. The highest BCUT2D eigenvalue weighted by atomic mass is 32.1. The van der Waals surface area contributed by atoms with E-state index in [1.165, 1.54) is 17.4 Å². The number of aromatic amines is 1. The van der Waals surface area contributed by atoms with E-state index in [9.17, 15) is 14.7 Å². The number of nitrogens with one attached hydrogen (secondary N) is 2. The molecule has 6 nitrogen and oxygen atoms in total. The summed E-state index contributed by atoms with van der Waals surface area (Å²) in [4.78, 5) is 29.7. The minimum atomic E-state index is -1.02. The first-order valence-corrected chi connectivity index (χ1v) is 6.05. The number of rotatable bonds is 4. The van der Waals surface area contributed by atoms with Crippen molar-refractivity contribution in [1.29, 1.82) is 0 Å². The molecule has 2 aromatic heterocycles. The van der Waals surface area contributed by atoms with Gasteiger partial charge in [-0.15, -0.1) is 11.3 Å². The van der Waals surface area contributed by atoms with Crippen LogP contribution in [0.1, 0.15) is 16.7 Å². The minimum Gasteiger partial charge on any atom is -0.479 e. The largest absolute Gasteiger partial charge is 0.479 e. The molecule has 0 aromatic carbocycles. The molecule has 2 rings (SSSR count). The van der Waals surface area contributed by atoms with Crippen molar-refractivity contribution < 1.29 is 9.90 Å². The van der Waals surface area contributed by atoms with Crippen LogP contribution in [0.25, 0.3) is 0 Å². The van der Waals surface area contributed by atoms with Gasteiger partial charge in [-0.25, -0.2) is 9.78 Å². The molecule has 0 radical (unpaired) electrons. The van der Waals surface area contributed by atoms with Crippen molar-refractivity contribution in [1.82, 2.24) is 9.97 Å². The average Bonchev–Trinajstić information content (AvgIpc) is 2.77. The number of H-pyrrole nitrogens is 1. The Morgan fingerprint density at radius 1 is 1.61 bits per heavy atom. The highest BCUT2D eigenvalue weighted by Crippen LogP contribution is 2.22. The van der Waals surface area contributed by atoms with Gasteiger partial charge in [0.05, 0.1) is 0 Å². The lowest BCUT2D eigenvalue weighted by Gasteiger charge is -2.13. The van der Waals surface area contributed by atoms with Gasteiger partial charge in [0.25, 0.3) is 5.56 Å². The molecule has 7 heteroatoms. The second-order valence-electron chi connectivity index (χ2n) is 3.65. The Morgan fingerprint density at radius 2 is 2.39 bits per heavy atom. The van der Waals surface area contributed by atoms with Crippen LogP contribution >= 0.6 is 11.3 Å². The topological polar surface area (TPSA) is 95.1 Å². The fraction of sp³-hybridized carbons (Fsp3) is 0.182. The lowest BCUT2D eigenvalue weighted by molar-refractivity contribution is -0.138. The first kappa shape index (κ1) is 12.3. The predicted octanol–water partition coefficient (Wildman–Crippen LogP) is 1.38. The first-order chi connectivity index (χ1) is 8.56. The van der Waals surface area contributed by atoms with E-state index in [1.54, 1.807) is 24.4 Å². The zero-order chi connectivity index (χ0) is 13.1. The third-order valence-electron chi connectivity index (χ3n) is 2.23. The molecule has 0 amide bonds. The van der Waals surface area contributed by atoms with Gasteiger partial charge in [-0.2, -0.15) is 0 Å². The van der Waals surface area contributed by atoms with E-state index in [-0.39, 0.29) is 11.4 Å². The summed E-state index contributed by atoms with van der Waals surface area (Å²) in [5.41, 5.74) is -0.319. The maximum Gasteiger partial charge on any atom is 0.331 e. The van der Waals surface area contributed by atoms with Gasteiger partial charge >= 0.3 is 5.97 Å². The molecule has 0 saturated heterocycles. The smallest absolute Gasteiger partial charge is 0.331 e. The number of hydrogen-bond acceptors (Lipinski definition) is 5. The van der Waals surface area contributed by atoms with Gasteiger partial charge in [0.15, 0.2) is 6.04 Å². The van der Waals surface area contributed by atoms with Crippen LogP contribution < -0.4 is 10.9 Å². The number of anilines is 1. The summed E-state index contributed by atoms with van der Waals surface area (Å²) in [6.07, 6.45) is 0. The molecule has 18 heavy (non-hydrogen) atoms. The number of carboxylic acid groups (broad SMARTS) is 1. The Morgan fingerprint density at radius 3 is 2.94 bits per heavy atom. The Bertz CT molecular complexity index is 606. The molecular formula is C11H11N3O3S. The minimum absolute atomic E-state index is 0.247. The average molecular weight is 265 g/mol. The third kappa shape index (κ3) is 2.75. The second kappa shape index (κ2) is 5.01. The van der Waals surface area contributed by atoms with Gasteiger partial charge in [0.2, 0.25) is 0 Å². The molecule has 1 atom stereocenters. The van der Waals surface area contributed by atoms with E-state index in [2.05, 4.69) is 15.3 Å². The number of carboxylic acids is 1. The van der Waals surface area contributed by atoms with E-state index in [1.807, 2.05) is 0 Å². The first-order valence-electron chi connectivity index (χ1n) is 5.17. The van der Waals surface area contributed by atoms with E-state index < -0.39 is 12.0 Å². The van der Waals surface area contributed by atoms with Gasteiger partial charge < -0.3 is 15.4 Å². The van der Waals surface area contributed by atoms with Crippen LogP contribution in [-0.4, -0.2) is 21.0 Å². The van der Waals surface area contributed by atoms with Crippen molar-refractivity contribution in [3.63, 3.8) is 0 Å². The maximum absolute atomic E-state index is 11.3. The molecule has 0 fully saturated rings. The van der Waals surface area contributed by atoms with Crippen LogP contribution in [0.2, 0.25) is 0 Å². The lowest BCUT2D eigenvalue weighted by atomic mass is 10.2. The fourth-order valence-electron chi connectivity index (χ4n) is 1.51. The third-order valence-corrected chi connectivity index (χ3v) is 3.16. The van der Waals surface area contributed by atoms with Gasteiger partial charge in [-0.3, -0.25) is 4.79 Å². The molecule has 0 aliphatic carbocycles. The molecule has 2 heterocycles. The summed E-state index contributed by atoms with van der Waals surface area (Å²) >= 11 is 1.33. The van der Waals surface area contributed by atoms with Gasteiger partial charge in [-0.1, -0.05) is 6.07 Å². The van der Waals surface area contributed by atoms with Crippen LogP contribution in [0.5, 0.6) is 0 Å². The summed E-state index contributed by atoms with van der Waals surface area (Å²) in [5.74, 6) is -0.338. The highest BCUT2D eigenvalue weighted by molar-refractivity contribution is 7.10. The maximum atomic E-state index is 11.3. The summed E-state index contributed by atoms with van der Waals surface area (Å²) < 4.78 is 0. The Kier molecular flexibility index (Phi) is 3.42. The number of aliphatic carboxylic acids is 1. The van der Waals surface area contributed by atoms with Crippen molar-refractivity contribution in [2.24, 2.45) is 0 Å². The molecular weight excluding hydrogens is 254 g/mol. The molecule has 3 N–H and O–H groups in total. The van der Waals surface area contributed by atoms with Crippen molar-refractivity contribution in [2.45, 2.75) is 13.0 Å². The number of nitrogens with zero attached hydrogens (tertiary/aromatic N) is 1. The monoisotopic (exact) mass is 265 g/mol. The van der Waals surface area contributed by atoms with Crippen LogP contribution in [-0.2, 0) is 4.79 Å². The van der Waals surface area contributed by atoms with E-state index in [4.69, 9.17) is 0 Å². The normalized spacial score (nSPS) is 12.1. The standard InChI is InChI=1S/C11H11N3O3S/c1-6-12-8(5-9(15)13-6)14-10(11(16)17)7-3-2-4-18-7/h2-5,10H,1H3,(H,16,17)(H2,12,13,14,15). The van der Waals surface area contributed by atoms with Crippen LogP contribution in [0.15, 0.2) is 28.4 Å². The summed E-state index contributed by atoms with van der Waals surface area (Å²) in [7, 11) is 0. The Labute approximate surface area is 106 Å². The van der Waals surface area contributed by atoms with Gasteiger partial charge in [-0.05, 0) is 18.4 Å². The lowest BCUT2D eigenvalue weighted by Crippen LogP contribution is -2.21. The molecule has 1 unspecified atom stereocenters. The van der Waals surface area contributed by atoms with E-state index in [0.29, 0.717) is 10.7 Å². The van der Waals surface area contributed by atoms with Crippen molar-refractivity contribution in [3.05, 3.63) is 44.6 Å². The molecule has 0 aliphatic heterocycles. The Hall–Kier alpha value is -2.15. The zero-order valence-corrected chi connectivity index (χ0v) is 10.3. The van der Waals surface area contributed by atoms with E-state index in [0.717, 1.165) is 0 Å². The summed E-state index contributed by atoms with van der Waals surface area (Å²) in [6, 6.07) is 3.82. The van der Waals surface area contributed by atoms with Gasteiger partial charge in [0, 0.05) is 10.9 Å². The van der Waals surface area contributed by atoms with Crippen molar-refractivity contribution >= 4 is 23.1 Å². The molecule has 94 valence electrons. The predicted molar refractivity (Wildman–Crippen MR) is 67.9 cm³/mol. The van der Waals surface area contributed by atoms with Crippen molar-refractivity contribution in [2.75, 3.05) is 5.32 Å². The molecule has 0 bridgehead atoms.